The Labute approximate surface area is 108 Å². The average molecular weight is 267 g/mol. The van der Waals surface area contributed by atoms with E-state index in [1.165, 1.54) is 13.1 Å². The Morgan fingerprint density at radius 2 is 1.84 bits per heavy atom. The van der Waals surface area contributed by atoms with Crippen molar-refractivity contribution in [2.24, 2.45) is 0 Å². The lowest BCUT2D eigenvalue weighted by molar-refractivity contribution is 0.0559. The molecule has 1 unspecified atom stereocenters. The van der Waals surface area contributed by atoms with Crippen molar-refractivity contribution in [2.45, 2.75) is 18.9 Å². The lowest BCUT2D eigenvalue weighted by atomic mass is 9.90. The highest BCUT2D eigenvalue weighted by Gasteiger charge is 2.26. The number of hydrogen-bond acceptors (Lipinski definition) is 2. The first-order chi connectivity index (χ1) is 8.88. The van der Waals surface area contributed by atoms with E-state index in [4.69, 9.17) is 0 Å². The highest BCUT2D eigenvalue weighted by molar-refractivity contribution is 5.25. The summed E-state index contributed by atoms with van der Waals surface area (Å²) in [6.45, 7) is 1.40. The molecule has 0 aliphatic heterocycles. The molecular weight excluding hydrogens is 255 g/mol. The molecule has 1 aromatic heterocycles. The number of rotatable bonds is 3. The Hall–Kier alpha value is -1.88. The van der Waals surface area contributed by atoms with Crippen molar-refractivity contribution in [3.8, 4) is 0 Å². The zero-order chi connectivity index (χ0) is 14.0. The number of halogens is 3. The van der Waals surface area contributed by atoms with Crippen molar-refractivity contribution in [1.29, 1.82) is 0 Å². The van der Waals surface area contributed by atoms with Crippen LogP contribution in [-0.4, -0.2) is 10.1 Å². The highest BCUT2D eigenvalue weighted by atomic mass is 19.1. The molecule has 19 heavy (non-hydrogen) atoms. The third kappa shape index (κ3) is 3.12. The van der Waals surface area contributed by atoms with E-state index in [2.05, 4.69) is 4.98 Å². The summed E-state index contributed by atoms with van der Waals surface area (Å²) in [7, 11) is 0. The Bertz CT molecular complexity index is 599. The fraction of sp³-hybridized carbons (Fsp3) is 0.214. The number of aliphatic hydroxyl groups is 1. The summed E-state index contributed by atoms with van der Waals surface area (Å²) in [5, 5.41) is 10.3. The molecule has 0 saturated carbocycles. The molecule has 5 heteroatoms. The van der Waals surface area contributed by atoms with Gasteiger partial charge in [0.2, 0.25) is 0 Å². The van der Waals surface area contributed by atoms with Gasteiger partial charge in [-0.15, -0.1) is 0 Å². The normalized spacial score (nSPS) is 14.2. The maximum Gasteiger partial charge on any atom is 0.141 e. The minimum Gasteiger partial charge on any atom is -0.385 e. The quantitative estimate of drug-likeness (QED) is 0.927. The van der Waals surface area contributed by atoms with E-state index < -0.39 is 23.1 Å². The van der Waals surface area contributed by atoms with Crippen molar-refractivity contribution in [1.82, 2.24) is 4.98 Å². The number of hydrogen-bond donors (Lipinski definition) is 1. The van der Waals surface area contributed by atoms with Crippen molar-refractivity contribution < 1.29 is 18.3 Å². The number of aromatic nitrogens is 1. The average Bonchev–Trinajstić information content (AvgIpc) is 2.33. The van der Waals surface area contributed by atoms with Crippen molar-refractivity contribution in [3.05, 3.63) is 65.2 Å². The number of pyridine rings is 1. The number of benzene rings is 1. The maximum absolute atomic E-state index is 13.5. The van der Waals surface area contributed by atoms with Gasteiger partial charge in [-0.1, -0.05) is 0 Å². The smallest absolute Gasteiger partial charge is 0.141 e. The van der Waals surface area contributed by atoms with Gasteiger partial charge >= 0.3 is 0 Å². The second kappa shape index (κ2) is 5.01. The molecule has 0 aliphatic rings. The summed E-state index contributed by atoms with van der Waals surface area (Å²) in [5.74, 6) is -1.81. The molecule has 2 aromatic rings. The van der Waals surface area contributed by atoms with Crippen LogP contribution >= 0.6 is 0 Å². The van der Waals surface area contributed by atoms with Crippen LogP contribution in [0.3, 0.4) is 0 Å². The maximum atomic E-state index is 13.5. The van der Waals surface area contributed by atoms with Crippen LogP contribution in [0.1, 0.15) is 18.1 Å². The third-order valence-electron chi connectivity index (χ3n) is 2.87. The SMILES string of the molecule is CC(O)(Cc1cc(F)ccc1F)c1cncc(F)c1. The van der Waals surface area contributed by atoms with Gasteiger partial charge in [-0.25, -0.2) is 13.2 Å². The first-order valence-electron chi connectivity index (χ1n) is 5.66. The second-order valence-electron chi connectivity index (χ2n) is 4.58. The molecule has 1 aromatic carbocycles. The van der Waals surface area contributed by atoms with Crippen LogP contribution in [-0.2, 0) is 12.0 Å². The van der Waals surface area contributed by atoms with E-state index in [9.17, 15) is 18.3 Å². The fourth-order valence-electron chi connectivity index (χ4n) is 1.86. The molecule has 0 fully saturated rings. The van der Waals surface area contributed by atoms with E-state index in [1.54, 1.807) is 0 Å². The van der Waals surface area contributed by atoms with E-state index in [-0.39, 0.29) is 17.5 Å². The van der Waals surface area contributed by atoms with Crippen LogP contribution in [0.5, 0.6) is 0 Å². The molecule has 0 spiro atoms. The van der Waals surface area contributed by atoms with Gasteiger partial charge in [0.1, 0.15) is 17.5 Å². The Morgan fingerprint density at radius 3 is 2.53 bits per heavy atom. The molecule has 1 atom stereocenters. The van der Waals surface area contributed by atoms with Crippen molar-refractivity contribution >= 4 is 0 Å². The first-order valence-corrected chi connectivity index (χ1v) is 5.66. The lowest BCUT2D eigenvalue weighted by Crippen LogP contribution is -2.25. The van der Waals surface area contributed by atoms with Crippen molar-refractivity contribution in [3.63, 3.8) is 0 Å². The first kappa shape index (κ1) is 13.5. The minimum atomic E-state index is -1.54. The van der Waals surface area contributed by atoms with Crippen LogP contribution < -0.4 is 0 Å². The van der Waals surface area contributed by atoms with E-state index in [1.807, 2.05) is 0 Å². The minimum absolute atomic E-state index is 0.0225. The molecular formula is C14H12F3NO. The molecule has 1 N–H and O–H groups in total. The molecule has 100 valence electrons. The molecule has 2 nitrogen and oxygen atoms in total. The zero-order valence-corrected chi connectivity index (χ0v) is 10.2. The van der Waals surface area contributed by atoms with Crippen molar-refractivity contribution in [2.75, 3.05) is 0 Å². The summed E-state index contributed by atoms with van der Waals surface area (Å²) in [5.41, 5.74) is -1.31. The fourth-order valence-corrected chi connectivity index (χ4v) is 1.86. The van der Waals surface area contributed by atoms with Crippen LogP contribution in [0.25, 0.3) is 0 Å². The highest BCUT2D eigenvalue weighted by Crippen LogP contribution is 2.26. The molecule has 0 aliphatic carbocycles. The molecule has 1 heterocycles. The van der Waals surface area contributed by atoms with E-state index in [0.29, 0.717) is 0 Å². The summed E-state index contributed by atoms with van der Waals surface area (Å²) in [6, 6.07) is 4.11. The van der Waals surface area contributed by atoms with Gasteiger partial charge in [-0.05, 0) is 36.8 Å². The van der Waals surface area contributed by atoms with Crippen LogP contribution in [0.15, 0.2) is 36.7 Å². The monoisotopic (exact) mass is 267 g/mol. The predicted octanol–water partition coefficient (Wildman–Crippen LogP) is 2.95. The largest absolute Gasteiger partial charge is 0.385 e. The van der Waals surface area contributed by atoms with Gasteiger partial charge < -0.3 is 5.11 Å². The van der Waals surface area contributed by atoms with Crippen LogP contribution in [0, 0.1) is 17.5 Å². The molecule has 2 rings (SSSR count). The van der Waals surface area contributed by atoms with Gasteiger partial charge in [-0.3, -0.25) is 4.98 Å². The van der Waals surface area contributed by atoms with Gasteiger partial charge in [0.15, 0.2) is 0 Å². The third-order valence-corrected chi connectivity index (χ3v) is 2.87. The van der Waals surface area contributed by atoms with Gasteiger partial charge in [-0.2, -0.15) is 0 Å². The van der Waals surface area contributed by atoms with Crippen LogP contribution in [0.4, 0.5) is 13.2 Å². The van der Waals surface area contributed by atoms with E-state index >= 15 is 0 Å². The predicted molar refractivity (Wildman–Crippen MR) is 63.8 cm³/mol. The molecule has 0 bridgehead atoms. The lowest BCUT2D eigenvalue weighted by Gasteiger charge is -2.23. The van der Waals surface area contributed by atoms with Gasteiger partial charge in [0.05, 0.1) is 11.8 Å². The standard InChI is InChI=1S/C14H12F3NO/c1-14(19,10-5-12(16)8-18-7-10)6-9-4-11(15)2-3-13(9)17/h2-5,7-8,19H,6H2,1H3. The Kier molecular flexibility index (Phi) is 3.57. The topological polar surface area (TPSA) is 33.1 Å². The van der Waals surface area contributed by atoms with Gasteiger partial charge in [0, 0.05) is 18.2 Å². The van der Waals surface area contributed by atoms with E-state index in [0.717, 1.165) is 30.5 Å². The molecule has 0 saturated heterocycles. The Morgan fingerprint density at radius 1 is 1.11 bits per heavy atom. The second-order valence-corrected chi connectivity index (χ2v) is 4.58. The number of nitrogens with zero attached hydrogens (tertiary/aromatic N) is 1. The summed E-state index contributed by atoms with van der Waals surface area (Å²) < 4.78 is 39.7. The summed E-state index contributed by atoms with van der Waals surface area (Å²) >= 11 is 0. The molecule has 0 radical (unpaired) electrons. The molecule has 0 amide bonds. The van der Waals surface area contributed by atoms with Gasteiger partial charge in [0.25, 0.3) is 0 Å². The summed E-state index contributed by atoms with van der Waals surface area (Å²) in [6.07, 6.45) is 2.12. The Balaban J connectivity index is 2.33. The summed E-state index contributed by atoms with van der Waals surface area (Å²) in [4.78, 5) is 3.63. The zero-order valence-electron chi connectivity index (χ0n) is 10.2. The van der Waals surface area contributed by atoms with Crippen LogP contribution in [0.2, 0.25) is 0 Å².